The van der Waals surface area contributed by atoms with Crippen LogP contribution in [-0.4, -0.2) is 88.6 Å². The van der Waals surface area contributed by atoms with Crippen LogP contribution < -0.4 is 9.64 Å². The molecule has 5 heterocycles. The highest BCUT2D eigenvalue weighted by atomic mass is 19.1. The first-order chi connectivity index (χ1) is 23.9. The molecule has 0 saturated carbocycles. The van der Waals surface area contributed by atoms with E-state index in [0.717, 1.165) is 18.9 Å². The SMILES string of the molecule is CC.CCc1c(F)ccc2cc(O)cc(-c3ncc4c(N5CCCC(CO)C5)nc(OC)nc4c3F)c12.O=COCC1CCC2CCCN21. The van der Waals surface area contributed by atoms with Gasteiger partial charge in [0.15, 0.2) is 5.82 Å². The molecule has 3 aliphatic rings. The highest BCUT2D eigenvalue weighted by Gasteiger charge is 2.36. The molecular formula is C37H47F2N5O5. The number of carbonyl (C=O) groups is 1. The minimum absolute atomic E-state index is 0.00994. The van der Waals surface area contributed by atoms with Gasteiger partial charge in [-0.25, -0.2) is 8.78 Å². The lowest BCUT2D eigenvalue weighted by Crippen LogP contribution is -2.37. The van der Waals surface area contributed by atoms with Crippen molar-refractivity contribution in [1.82, 2.24) is 19.9 Å². The van der Waals surface area contributed by atoms with Crippen molar-refractivity contribution < 1.29 is 33.3 Å². The molecule has 0 radical (unpaired) electrons. The fraction of sp³-hybridized carbons (Fsp3) is 0.514. The summed E-state index contributed by atoms with van der Waals surface area (Å²) < 4.78 is 40.8. The van der Waals surface area contributed by atoms with Gasteiger partial charge in [0.25, 0.3) is 6.47 Å². The average molecular weight is 680 g/mol. The fourth-order valence-electron chi connectivity index (χ4n) is 7.51. The second kappa shape index (κ2) is 16.5. The number of fused-ring (bicyclic) bond motifs is 3. The van der Waals surface area contributed by atoms with Crippen molar-refractivity contribution in [2.45, 2.75) is 77.8 Å². The molecular weight excluding hydrogens is 632 g/mol. The van der Waals surface area contributed by atoms with E-state index in [-0.39, 0.29) is 41.1 Å². The van der Waals surface area contributed by atoms with Crippen LogP contribution in [0.3, 0.4) is 0 Å². The van der Waals surface area contributed by atoms with E-state index in [9.17, 15) is 19.4 Å². The number of hydrogen-bond donors (Lipinski definition) is 2. The molecule has 3 unspecified atom stereocenters. The second-order valence-electron chi connectivity index (χ2n) is 12.5. The molecule has 2 N–H and O–H groups in total. The lowest BCUT2D eigenvalue weighted by molar-refractivity contribution is -0.130. The summed E-state index contributed by atoms with van der Waals surface area (Å²) in [5.74, 6) is -0.602. The number of ether oxygens (including phenoxy) is 2. The first-order valence-electron chi connectivity index (χ1n) is 17.4. The van der Waals surface area contributed by atoms with Crippen LogP contribution in [0.2, 0.25) is 0 Å². The maximum absolute atomic E-state index is 16.1. The number of piperidine rings is 1. The van der Waals surface area contributed by atoms with E-state index in [2.05, 4.69) is 19.9 Å². The number of nitrogens with zero attached hydrogens (tertiary/aromatic N) is 5. The average Bonchev–Trinajstić information content (AvgIpc) is 3.76. The Morgan fingerprint density at radius 3 is 2.59 bits per heavy atom. The fourth-order valence-corrected chi connectivity index (χ4v) is 7.51. The third-order valence-electron chi connectivity index (χ3n) is 9.75. The Kier molecular flexibility index (Phi) is 12.2. The van der Waals surface area contributed by atoms with Crippen molar-refractivity contribution >= 4 is 34.0 Å². The number of aliphatic hydroxyl groups excluding tert-OH is 1. The van der Waals surface area contributed by atoms with Gasteiger partial charge in [-0.2, -0.15) is 9.97 Å². The molecule has 264 valence electrons. The van der Waals surface area contributed by atoms with Crippen molar-refractivity contribution in [1.29, 1.82) is 0 Å². The summed E-state index contributed by atoms with van der Waals surface area (Å²) in [6.07, 6.45) is 8.84. The lowest BCUT2D eigenvalue weighted by atomic mass is 9.94. The molecule has 49 heavy (non-hydrogen) atoms. The first kappa shape index (κ1) is 36.1. The molecule has 0 bridgehead atoms. The Morgan fingerprint density at radius 2 is 1.86 bits per heavy atom. The minimum Gasteiger partial charge on any atom is -0.508 e. The van der Waals surface area contributed by atoms with Crippen LogP contribution in [0.25, 0.3) is 32.9 Å². The first-order valence-corrected chi connectivity index (χ1v) is 17.4. The molecule has 0 aliphatic carbocycles. The van der Waals surface area contributed by atoms with Gasteiger partial charge in [0, 0.05) is 43.5 Å². The quantitative estimate of drug-likeness (QED) is 0.202. The van der Waals surface area contributed by atoms with Crippen LogP contribution in [0, 0.1) is 17.6 Å². The second-order valence-corrected chi connectivity index (χ2v) is 12.5. The number of phenols is 1. The summed E-state index contributed by atoms with van der Waals surface area (Å²) in [4.78, 5) is 27.7. The summed E-state index contributed by atoms with van der Waals surface area (Å²) >= 11 is 0. The molecule has 3 aliphatic heterocycles. The molecule has 10 nitrogen and oxygen atoms in total. The zero-order chi connectivity index (χ0) is 35.1. The maximum Gasteiger partial charge on any atom is 0.318 e. The molecule has 3 fully saturated rings. The number of aromatic nitrogens is 3. The smallest absolute Gasteiger partial charge is 0.318 e. The van der Waals surface area contributed by atoms with Crippen LogP contribution in [0.1, 0.15) is 64.9 Å². The van der Waals surface area contributed by atoms with E-state index in [0.29, 0.717) is 66.2 Å². The van der Waals surface area contributed by atoms with Gasteiger partial charge in [-0.3, -0.25) is 14.7 Å². The number of pyridine rings is 1. The predicted octanol–water partition coefficient (Wildman–Crippen LogP) is 6.42. The van der Waals surface area contributed by atoms with Crippen LogP contribution in [0.15, 0.2) is 30.5 Å². The largest absolute Gasteiger partial charge is 0.508 e. The molecule has 4 aromatic rings. The molecule has 2 aromatic carbocycles. The number of aliphatic hydroxyl groups is 1. The summed E-state index contributed by atoms with van der Waals surface area (Å²) in [6, 6.07) is 7.14. The number of phenolic OH excluding ortho intramolecular Hbond substituents is 1. The predicted molar refractivity (Wildman–Crippen MR) is 186 cm³/mol. The van der Waals surface area contributed by atoms with E-state index in [1.54, 1.807) is 6.07 Å². The third-order valence-corrected chi connectivity index (χ3v) is 9.75. The minimum atomic E-state index is -0.710. The Hall–Kier alpha value is -4.16. The van der Waals surface area contributed by atoms with E-state index >= 15 is 4.39 Å². The number of rotatable bonds is 8. The maximum atomic E-state index is 16.1. The van der Waals surface area contributed by atoms with Gasteiger partial charge < -0.3 is 24.6 Å². The van der Waals surface area contributed by atoms with Crippen LogP contribution >= 0.6 is 0 Å². The molecule has 12 heteroatoms. The summed E-state index contributed by atoms with van der Waals surface area (Å²) in [6.45, 7) is 9.52. The van der Waals surface area contributed by atoms with Crippen molar-refractivity contribution in [2.24, 2.45) is 5.92 Å². The summed E-state index contributed by atoms with van der Waals surface area (Å²) in [5.41, 5.74) is 0.683. The van der Waals surface area contributed by atoms with Gasteiger partial charge in [-0.15, -0.1) is 0 Å². The van der Waals surface area contributed by atoms with Gasteiger partial charge in [0.1, 0.15) is 35.2 Å². The summed E-state index contributed by atoms with van der Waals surface area (Å²) in [7, 11) is 1.41. The Morgan fingerprint density at radius 1 is 1.06 bits per heavy atom. The monoisotopic (exact) mass is 679 g/mol. The molecule has 2 aromatic heterocycles. The number of hydrogen-bond acceptors (Lipinski definition) is 10. The number of benzene rings is 2. The zero-order valence-electron chi connectivity index (χ0n) is 28.8. The Balaban J connectivity index is 0.000000279. The molecule has 0 amide bonds. The van der Waals surface area contributed by atoms with Gasteiger partial charge in [0.2, 0.25) is 0 Å². The van der Waals surface area contributed by atoms with Crippen molar-refractivity contribution in [3.05, 3.63) is 47.7 Å². The number of carbonyl (C=O) groups excluding carboxylic acids is 1. The van der Waals surface area contributed by atoms with Crippen molar-refractivity contribution in [2.75, 3.05) is 44.9 Å². The molecule has 0 spiro atoms. The van der Waals surface area contributed by atoms with E-state index in [1.807, 2.05) is 25.7 Å². The van der Waals surface area contributed by atoms with E-state index in [1.165, 1.54) is 63.7 Å². The Bertz CT molecular complexity index is 1760. The van der Waals surface area contributed by atoms with Crippen LogP contribution in [0.4, 0.5) is 14.6 Å². The zero-order valence-corrected chi connectivity index (χ0v) is 28.8. The molecule has 7 rings (SSSR count). The lowest BCUT2D eigenvalue weighted by Gasteiger charge is -2.33. The standard InChI is InChI=1S/C26H26F2N4O3.C9H15NO2.C2H6/c1-3-17-20(27)7-6-15-9-16(34)10-18(21(15)17)23-22(28)24-19(11-29-23)25(31-26(30-24)35-2)32-8-4-5-14(12-32)13-33;11-7-12-6-9-4-3-8-2-1-5-10(8)9;1-2/h6-7,9-11,14,33-34H,3-5,8,12-13H2,1-2H3;7-9H,1-6H2;1-2H3. The van der Waals surface area contributed by atoms with Gasteiger partial charge >= 0.3 is 6.01 Å². The van der Waals surface area contributed by atoms with Crippen LogP contribution in [-0.2, 0) is 16.0 Å². The Labute approximate surface area is 286 Å². The van der Waals surface area contributed by atoms with Gasteiger partial charge in [0.05, 0.1) is 12.5 Å². The van der Waals surface area contributed by atoms with Gasteiger partial charge in [-0.1, -0.05) is 26.8 Å². The summed E-state index contributed by atoms with van der Waals surface area (Å²) in [5, 5.41) is 21.5. The topological polar surface area (TPSA) is 121 Å². The van der Waals surface area contributed by atoms with Crippen LogP contribution in [0.5, 0.6) is 11.8 Å². The number of methoxy groups -OCH3 is 1. The number of aryl methyl sites for hydroxylation is 1. The van der Waals surface area contributed by atoms with Crippen molar-refractivity contribution in [3.8, 4) is 23.0 Å². The normalized spacial score (nSPS) is 20.3. The number of anilines is 1. The number of aromatic hydroxyl groups is 1. The molecule has 3 atom stereocenters. The van der Waals surface area contributed by atoms with Crippen molar-refractivity contribution in [3.63, 3.8) is 0 Å². The highest BCUT2D eigenvalue weighted by molar-refractivity contribution is 6.01. The molecule has 3 saturated heterocycles. The third kappa shape index (κ3) is 7.55. The van der Waals surface area contributed by atoms with E-state index < -0.39 is 11.6 Å². The van der Waals surface area contributed by atoms with E-state index in [4.69, 9.17) is 9.47 Å². The number of halogens is 2. The highest BCUT2D eigenvalue weighted by Crippen LogP contribution is 2.39. The van der Waals surface area contributed by atoms with Gasteiger partial charge in [-0.05, 0) is 91.9 Å².